The van der Waals surface area contributed by atoms with Crippen LogP contribution < -0.4 is 5.73 Å². The lowest BCUT2D eigenvalue weighted by atomic mass is 9.63. The number of likely N-dealkylation sites (tertiary alicyclic amines) is 1. The molecule has 0 aromatic heterocycles. The summed E-state index contributed by atoms with van der Waals surface area (Å²) in [6.07, 6.45) is 6.12. The third-order valence-corrected chi connectivity index (χ3v) is 10.5. The minimum Gasteiger partial charge on any atom is -0.373 e. The van der Waals surface area contributed by atoms with E-state index in [1.165, 1.54) is 41.8 Å². The quantitative estimate of drug-likeness (QED) is 0.563. The normalized spacial score (nSPS) is 37.8. The Labute approximate surface area is 210 Å². The molecule has 34 heavy (non-hydrogen) atoms. The molecule has 2 aromatic carbocycles. The predicted octanol–water partition coefficient (Wildman–Crippen LogP) is 5.72. The van der Waals surface area contributed by atoms with Gasteiger partial charge < -0.3 is 15.4 Å². The summed E-state index contributed by atoms with van der Waals surface area (Å²) in [6.45, 7) is 7.28. The van der Waals surface area contributed by atoms with Gasteiger partial charge in [0.15, 0.2) is 0 Å². The van der Waals surface area contributed by atoms with Gasteiger partial charge in [-0.05, 0) is 65.9 Å². The van der Waals surface area contributed by atoms with Gasteiger partial charge in [0, 0.05) is 24.5 Å². The monoisotopic (exact) mass is 474 g/mol. The zero-order valence-electron chi connectivity index (χ0n) is 20.6. The number of benzene rings is 2. The maximum absolute atomic E-state index is 6.76. The molecular formula is C30H38N2OS. The highest BCUT2D eigenvalue weighted by atomic mass is 32.1. The first kappa shape index (κ1) is 22.7. The largest absolute Gasteiger partial charge is 0.373 e. The van der Waals surface area contributed by atoms with Crippen molar-refractivity contribution in [1.29, 1.82) is 0 Å². The first-order chi connectivity index (χ1) is 16.3. The summed E-state index contributed by atoms with van der Waals surface area (Å²) in [5.41, 5.74) is 9.67. The molecule has 6 atom stereocenters. The molecule has 1 aliphatic heterocycles. The summed E-state index contributed by atoms with van der Waals surface area (Å²) < 4.78 is 6.76. The van der Waals surface area contributed by atoms with Crippen LogP contribution in [0.15, 0.2) is 60.7 Å². The number of ether oxygens (including phenoxy) is 1. The van der Waals surface area contributed by atoms with Gasteiger partial charge in [-0.3, -0.25) is 0 Å². The third kappa shape index (κ3) is 3.48. The number of nitrogens with zero attached hydrogens (tertiary/aromatic N) is 1. The molecule has 0 radical (unpaired) electrons. The summed E-state index contributed by atoms with van der Waals surface area (Å²) >= 11 is 6.44. The molecule has 0 amide bonds. The molecule has 180 valence electrons. The number of rotatable bonds is 5. The second-order valence-electron chi connectivity index (χ2n) is 12.3. The Kier molecular flexibility index (Phi) is 5.44. The minimum atomic E-state index is 0.0764. The SMILES string of the molecule is CC1(C)CN(C(=S)C23CC4CC(c5ccccc5)(CC2C4OCc2ccccc2)C3)CC[C@@H]1N. The number of hydrogen-bond acceptors (Lipinski definition) is 3. The first-order valence-corrected chi connectivity index (χ1v) is 13.5. The Morgan fingerprint density at radius 3 is 2.44 bits per heavy atom. The Bertz CT molecular complexity index is 1060. The molecular weight excluding hydrogens is 436 g/mol. The Balaban J connectivity index is 1.31. The average molecular weight is 475 g/mol. The summed E-state index contributed by atoms with van der Waals surface area (Å²) in [7, 11) is 0. The maximum Gasteiger partial charge on any atom is 0.0846 e. The van der Waals surface area contributed by atoms with Gasteiger partial charge in [0.25, 0.3) is 0 Å². The molecule has 7 rings (SSSR count). The van der Waals surface area contributed by atoms with Crippen LogP contribution in [0.2, 0.25) is 0 Å². The van der Waals surface area contributed by atoms with E-state index >= 15 is 0 Å². The second kappa shape index (κ2) is 8.15. The summed E-state index contributed by atoms with van der Waals surface area (Å²) in [5, 5.41) is 0. The Morgan fingerprint density at radius 1 is 1.03 bits per heavy atom. The van der Waals surface area contributed by atoms with Crippen LogP contribution in [0.25, 0.3) is 0 Å². The fourth-order valence-electron chi connectivity index (χ4n) is 8.17. The van der Waals surface area contributed by atoms with E-state index in [1.54, 1.807) is 0 Å². The van der Waals surface area contributed by atoms with Crippen molar-refractivity contribution in [2.75, 3.05) is 13.1 Å². The molecule has 4 aliphatic carbocycles. The van der Waals surface area contributed by atoms with Gasteiger partial charge in [0.2, 0.25) is 0 Å². The van der Waals surface area contributed by atoms with Crippen molar-refractivity contribution in [2.24, 2.45) is 28.4 Å². The van der Waals surface area contributed by atoms with Crippen molar-refractivity contribution in [3.05, 3.63) is 71.8 Å². The molecule has 2 aromatic rings. The van der Waals surface area contributed by atoms with Gasteiger partial charge in [0.05, 0.1) is 17.7 Å². The molecule has 4 bridgehead atoms. The van der Waals surface area contributed by atoms with Crippen molar-refractivity contribution in [3.63, 3.8) is 0 Å². The van der Waals surface area contributed by atoms with Crippen LogP contribution in [0, 0.1) is 22.7 Å². The Hall–Kier alpha value is -1.75. The highest BCUT2D eigenvalue weighted by molar-refractivity contribution is 7.80. The van der Waals surface area contributed by atoms with Gasteiger partial charge in [-0.1, -0.05) is 86.7 Å². The molecule has 5 fully saturated rings. The van der Waals surface area contributed by atoms with Crippen LogP contribution in [-0.2, 0) is 16.8 Å². The van der Waals surface area contributed by atoms with Crippen LogP contribution in [0.5, 0.6) is 0 Å². The first-order valence-electron chi connectivity index (χ1n) is 13.1. The third-order valence-electron chi connectivity index (χ3n) is 9.81. The van der Waals surface area contributed by atoms with Crippen molar-refractivity contribution >= 4 is 17.2 Å². The smallest absolute Gasteiger partial charge is 0.0846 e. The van der Waals surface area contributed by atoms with Crippen molar-refractivity contribution in [2.45, 2.75) is 70.1 Å². The minimum absolute atomic E-state index is 0.0764. The van der Waals surface area contributed by atoms with E-state index < -0.39 is 0 Å². The lowest BCUT2D eigenvalue weighted by molar-refractivity contribution is -0.0382. The highest BCUT2D eigenvalue weighted by Crippen LogP contribution is 2.72. The van der Waals surface area contributed by atoms with E-state index in [-0.39, 0.29) is 22.3 Å². The van der Waals surface area contributed by atoms with E-state index in [2.05, 4.69) is 79.4 Å². The summed E-state index contributed by atoms with van der Waals surface area (Å²) in [5.74, 6) is 1.08. The fourth-order valence-corrected chi connectivity index (χ4v) is 8.63. The number of hydrogen-bond donors (Lipinski definition) is 1. The van der Waals surface area contributed by atoms with Crippen molar-refractivity contribution in [1.82, 2.24) is 4.90 Å². The zero-order chi connectivity index (χ0) is 23.6. The zero-order valence-corrected chi connectivity index (χ0v) is 21.4. The van der Waals surface area contributed by atoms with Gasteiger partial charge >= 0.3 is 0 Å². The lowest BCUT2D eigenvalue weighted by Gasteiger charge is -2.48. The summed E-state index contributed by atoms with van der Waals surface area (Å²) in [4.78, 5) is 3.75. The number of piperidine rings is 1. The molecule has 5 aliphatic rings. The van der Waals surface area contributed by atoms with E-state index in [0.29, 0.717) is 24.5 Å². The fraction of sp³-hybridized carbons (Fsp3) is 0.567. The Morgan fingerprint density at radius 2 is 1.74 bits per heavy atom. The predicted molar refractivity (Wildman–Crippen MR) is 142 cm³/mol. The van der Waals surface area contributed by atoms with Gasteiger partial charge in [-0.2, -0.15) is 0 Å². The standard InChI is InChI=1S/C30H38N2OS/c1-28(2)20-32(14-13-25(28)31)27(34)30-16-22-15-29(19-30,23-11-7-4-8-12-23)17-24(30)26(22)33-18-21-9-5-3-6-10-21/h3-12,22,24-26H,13-20,31H2,1-2H3/t22?,24?,25-,26?,29?,30?/m0/s1. The van der Waals surface area contributed by atoms with Crippen LogP contribution in [0.3, 0.4) is 0 Å². The molecule has 5 unspecified atom stereocenters. The highest BCUT2D eigenvalue weighted by Gasteiger charge is 2.70. The van der Waals surface area contributed by atoms with Gasteiger partial charge in [-0.15, -0.1) is 0 Å². The van der Waals surface area contributed by atoms with Crippen LogP contribution in [-0.4, -0.2) is 35.1 Å². The topological polar surface area (TPSA) is 38.5 Å². The maximum atomic E-state index is 6.76. The van der Waals surface area contributed by atoms with Crippen molar-refractivity contribution < 1.29 is 4.74 Å². The van der Waals surface area contributed by atoms with E-state index in [4.69, 9.17) is 22.7 Å². The van der Waals surface area contributed by atoms with Gasteiger partial charge in [-0.25, -0.2) is 0 Å². The van der Waals surface area contributed by atoms with Crippen LogP contribution >= 0.6 is 12.2 Å². The molecule has 1 heterocycles. The molecule has 0 spiro atoms. The van der Waals surface area contributed by atoms with E-state index in [0.717, 1.165) is 19.5 Å². The lowest BCUT2D eigenvalue weighted by Crippen LogP contribution is -2.57. The van der Waals surface area contributed by atoms with Crippen molar-refractivity contribution in [3.8, 4) is 0 Å². The summed E-state index contributed by atoms with van der Waals surface area (Å²) in [6, 6.07) is 22.2. The van der Waals surface area contributed by atoms with E-state index in [9.17, 15) is 0 Å². The molecule has 4 heteroatoms. The second-order valence-corrected chi connectivity index (χ2v) is 12.7. The number of nitrogens with two attached hydrogens (primary N) is 1. The molecule has 1 saturated heterocycles. The molecule has 4 saturated carbocycles. The molecule has 2 N–H and O–H groups in total. The van der Waals surface area contributed by atoms with Crippen LogP contribution in [0.1, 0.15) is 57.1 Å². The van der Waals surface area contributed by atoms with Crippen LogP contribution in [0.4, 0.5) is 0 Å². The number of thiocarbonyl (C=S) groups is 1. The van der Waals surface area contributed by atoms with Gasteiger partial charge in [0.1, 0.15) is 0 Å². The molecule has 3 nitrogen and oxygen atoms in total. The average Bonchev–Trinajstić information content (AvgIpc) is 3.22. The van der Waals surface area contributed by atoms with E-state index in [1.807, 2.05) is 0 Å².